The van der Waals surface area contributed by atoms with Crippen molar-refractivity contribution >= 4 is 16.6 Å². The quantitative estimate of drug-likeness (QED) is 0.747. The molecule has 0 saturated heterocycles. The zero-order valence-electron chi connectivity index (χ0n) is 12.2. The van der Waals surface area contributed by atoms with Crippen LogP contribution in [0.2, 0.25) is 0 Å². The SMILES string of the molecule is COc1ccccc1OCc1cc2cccc(N)c2n1C. The fourth-order valence-corrected chi connectivity index (χ4v) is 2.53. The molecule has 0 aliphatic carbocycles. The van der Waals surface area contributed by atoms with E-state index < -0.39 is 0 Å². The molecular formula is C17H18N2O2. The molecule has 108 valence electrons. The first kappa shape index (κ1) is 13.4. The first-order valence-corrected chi connectivity index (χ1v) is 6.79. The van der Waals surface area contributed by atoms with Crippen LogP contribution >= 0.6 is 0 Å². The highest BCUT2D eigenvalue weighted by Gasteiger charge is 2.10. The Morgan fingerprint density at radius 1 is 1.05 bits per heavy atom. The molecule has 3 rings (SSSR count). The van der Waals surface area contributed by atoms with Crippen LogP contribution in [-0.4, -0.2) is 11.7 Å². The van der Waals surface area contributed by atoms with Crippen molar-refractivity contribution in [1.82, 2.24) is 4.57 Å². The third-order valence-electron chi connectivity index (χ3n) is 3.63. The van der Waals surface area contributed by atoms with E-state index in [0.717, 1.165) is 33.8 Å². The molecule has 1 heterocycles. The Hall–Kier alpha value is -2.62. The fourth-order valence-electron chi connectivity index (χ4n) is 2.53. The van der Waals surface area contributed by atoms with Crippen LogP contribution < -0.4 is 15.2 Å². The van der Waals surface area contributed by atoms with Gasteiger partial charge >= 0.3 is 0 Å². The van der Waals surface area contributed by atoms with Crippen LogP contribution in [0, 0.1) is 0 Å². The van der Waals surface area contributed by atoms with Gasteiger partial charge in [0.25, 0.3) is 0 Å². The minimum atomic E-state index is 0.463. The average molecular weight is 282 g/mol. The third-order valence-corrected chi connectivity index (χ3v) is 3.63. The van der Waals surface area contributed by atoms with E-state index in [1.54, 1.807) is 7.11 Å². The van der Waals surface area contributed by atoms with Gasteiger partial charge in [0.1, 0.15) is 6.61 Å². The number of nitrogens with zero attached hydrogens (tertiary/aromatic N) is 1. The molecular weight excluding hydrogens is 264 g/mol. The normalized spacial score (nSPS) is 10.8. The van der Waals surface area contributed by atoms with Crippen LogP contribution in [0.15, 0.2) is 48.5 Å². The van der Waals surface area contributed by atoms with Crippen LogP contribution in [0.1, 0.15) is 5.69 Å². The van der Waals surface area contributed by atoms with E-state index in [1.807, 2.05) is 43.4 Å². The van der Waals surface area contributed by atoms with E-state index in [1.165, 1.54) is 0 Å². The predicted octanol–water partition coefficient (Wildman–Crippen LogP) is 3.35. The largest absolute Gasteiger partial charge is 0.493 e. The van der Waals surface area contributed by atoms with Crippen molar-refractivity contribution in [3.63, 3.8) is 0 Å². The van der Waals surface area contributed by atoms with Gasteiger partial charge in [0.15, 0.2) is 11.5 Å². The topological polar surface area (TPSA) is 49.4 Å². The first-order valence-electron chi connectivity index (χ1n) is 6.79. The smallest absolute Gasteiger partial charge is 0.161 e. The molecule has 4 heteroatoms. The summed E-state index contributed by atoms with van der Waals surface area (Å²) in [5.74, 6) is 1.47. The number of methoxy groups -OCH3 is 1. The van der Waals surface area contributed by atoms with Gasteiger partial charge in [-0.25, -0.2) is 0 Å². The number of benzene rings is 2. The summed E-state index contributed by atoms with van der Waals surface area (Å²) >= 11 is 0. The first-order chi connectivity index (χ1) is 10.2. The molecule has 21 heavy (non-hydrogen) atoms. The van der Waals surface area contributed by atoms with Gasteiger partial charge in [0, 0.05) is 12.4 Å². The van der Waals surface area contributed by atoms with E-state index in [0.29, 0.717) is 6.61 Å². The lowest BCUT2D eigenvalue weighted by molar-refractivity contribution is 0.278. The van der Waals surface area contributed by atoms with Crippen LogP contribution in [0.3, 0.4) is 0 Å². The van der Waals surface area contributed by atoms with Crippen molar-refractivity contribution in [3.05, 3.63) is 54.2 Å². The second kappa shape index (κ2) is 5.40. The minimum Gasteiger partial charge on any atom is -0.493 e. The van der Waals surface area contributed by atoms with Crippen LogP contribution in [0.5, 0.6) is 11.5 Å². The summed E-state index contributed by atoms with van der Waals surface area (Å²) in [6.45, 7) is 0.463. The highest BCUT2D eigenvalue weighted by Crippen LogP contribution is 2.28. The Balaban J connectivity index is 1.89. The molecule has 0 radical (unpaired) electrons. The van der Waals surface area contributed by atoms with Gasteiger partial charge in [-0.3, -0.25) is 0 Å². The lowest BCUT2D eigenvalue weighted by Crippen LogP contribution is -2.03. The predicted molar refractivity (Wildman–Crippen MR) is 84.7 cm³/mol. The van der Waals surface area contributed by atoms with Crippen molar-refractivity contribution in [1.29, 1.82) is 0 Å². The third kappa shape index (κ3) is 2.40. The standard InChI is InChI=1S/C17H18N2O2/c1-19-13(10-12-6-5-7-14(18)17(12)19)11-21-16-9-4-3-8-15(16)20-2/h3-10H,11,18H2,1-2H3. The Morgan fingerprint density at radius 3 is 2.52 bits per heavy atom. The molecule has 2 aromatic carbocycles. The molecule has 0 atom stereocenters. The highest BCUT2D eigenvalue weighted by atomic mass is 16.5. The number of hydrogen-bond acceptors (Lipinski definition) is 3. The Bertz CT molecular complexity index is 778. The number of aryl methyl sites for hydroxylation is 1. The summed E-state index contributed by atoms with van der Waals surface area (Å²) < 4.78 is 13.2. The molecule has 4 nitrogen and oxygen atoms in total. The number of hydrogen-bond donors (Lipinski definition) is 1. The molecule has 2 N–H and O–H groups in total. The average Bonchev–Trinajstić information content (AvgIpc) is 2.83. The summed E-state index contributed by atoms with van der Waals surface area (Å²) in [5, 5.41) is 1.12. The van der Waals surface area contributed by atoms with Crippen molar-refractivity contribution in [3.8, 4) is 11.5 Å². The number of ether oxygens (including phenoxy) is 2. The van der Waals surface area contributed by atoms with E-state index in [4.69, 9.17) is 15.2 Å². The second-order valence-corrected chi connectivity index (χ2v) is 4.92. The molecule has 0 fully saturated rings. The van der Waals surface area contributed by atoms with Gasteiger partial charge in [-0.15, -0.1) is 0 Å². The van der Waals surface area contributed by atoms with Crippen LogP contribution in [0.4, 0.5) is 5.69 Å². The summed E-state index contributed by atoms with van der Waals surface area (Å²) in [7, 11) is 3.64. The minimum absolute atomic E-state index is 0.463. The number of nitrogens with two attached hydrogens (primary N) is 1. The van der Waals surface area contributed by atoms with E-state index >= 15 is 0 Å². The number of anilines is 1. The maximum absolute atomic E-state index is 6.04. The molecule has 0 aliphatic heterocycles. The molecule has 0 unspecified atom stereocenters. The summed E-state index contributed by atoms with van der Waals surface area (Å²) in [6, 6.07) is 15.7. The number of para-hydroxylation sites is 3. The van der Waals surface area contributed by atoms with Crippen molar-refractivity contribution < 1.29 is 9.47 Å². The van der Waals surface area contributed by atoms with Gasteiger partial charge in [0.05, 0.1) is 24.0 Å². The molecule has 1 aromatic heterocycles. The van der Waals surface area contributed by atoms with Crippen LogP contribution in [0.25, 0.3) is 10.9 Å². The molecule has 0 saturated carbocycles. The maximum atomic E-state index is 6.04. The summed E-state index contributed by atoms with van der Waals surface area (Å²) in [4.78, 5) is 0. The van der Waals surface area contributed by atoms with Gasteiger partial charge in [-0.05, 0) is 24.3 Å². The van der Waals surface area contributed by atoms with Crippen molar-refractivity contribution in [2.75, 3.05) is 12.8 Å². The molecule has 0 amide bonds. The highest BCUT2D eigenvalue weighted by molar-refractivity contribution is 5.91. The van der Waals surface area contributed by atoms with Gasteiger partial charge in [-0.1, -0.05) is 24.3 Å². The number of fused-ring (bicyclic) bond motifs is 1. The zero-order chi connectivity index (χ0) is 14.8. The second-order valence-electron chi connectivity index (χ2n) is 4.92. The number of nitrogen functional groups attached to an aromatic ring is 1. The zero-order valence-corrected chi connectivity index (χ0v) is 12.2. The fraction of sp³-hybridized carbons (Fsp3) is 0.176. The molecule has 0 bridgehead atoms. The number of aromatic nitrogens is 1. The van der Waals surface area contributed by atoms with E-state index in [-0.39, 0.29) is 0 Å². The Kier molecular flexibility index (Phi) is 3.44. The Labute approximate surface area is 123 Å². The van der Waals surface area contributed by atoms with Gasteiger partial charge in [-0.2, -0.15) is 0 Å². The maximum Gasteiger partial charge on any atom is 0.161 e. The molecule has 3 aromatic rings. The lowest BCUT2D eigenvalue weighted by Gasteiger charge is -2.11. The Morgan fingerprint density at radius 2 is 1.81 bits per heavy atom. The van der Waals surface area contributed by atoms with Crippen molar-refractivity contribution in [2.24, 2.45) is 7.05 Å². The monoisotopic (exact) mass is 282 g/mol. The summed E-state index contributed by atoms with van der Waals surface area (Å²) in [6.07, 6.45) is 0. The van der Waals surface area contributed by atoms with Crippen LogP contribution in [-0.2, 0) is 13.7 Å². The van der Waals surface area contributed by atoms with Crippen molar-refractivity contribution in [2.45, 2.75) is 6.61 Å². The van der Waals surface area contributed by atoms with E-state index in [2.05, 4.69) is 16.7 Å². The van der Waals surface area contributed by atoms with Gasteiger partial charge in [0.2, 0.25) is 0 Å². The van der Waals surface area contributed by atoms with Gasteiger partial charge < -0.3 is 19.8 Å². The lowest BCUT2D eigenvalue weighted by atomic mass is 10.2. The van der Waals surface area contributed by atoms with E-state index in [9.17, 15) is 0 Å². The summed E-state index contributed by atoms with van der Waals surface area (Å²) in [5.41, 5.74) is 8.92. The number of rotatable bonds is 4. The molecule has 0 spiro atoms. The molecule has 0 aliphatic rings.